The summed E-state index contributed by atoms with van der Waals surface area (Å²) in [6, 6.07) is 14.4. The van der Waals surface area contributed by atoms with Crippen molar-refractivity contribution in [2.24, 2.45) is 0 Å². The summed E-state index contributed by atoms with van der Waals surface area (Å²) >= 11 is 9.33. The van der Waals surface area contributed by atoms with E-state index in [-0.39, 0.29) is 24.3 Å². The maximum atomic E-state index is 13.0. The molecule has 0 aliphatic carbocycles. The molecule has 0 fully saturated rings. The predicted octanol–water partition coefficient (Wildman–Crippen LogP) is 4.59. The Morgan fingerprint density at radius 1 is 1.00 bits per heavy atom. The van der Waals surface area contributed by atoms with E-state index in [0.717, 1.165) is 15.6 Å². The fourth-order valence-electron chi connectivity index (χ4n) is 2.65. The zero-order valence-electron chi connectivity index (χ0n) is 15.7. The van der Waals surface area contributed by atoms with E-state index in [1.807, 2.05) is 50.2 Å². The van der Waals surface area contributed by atoms with Crippen LogP contribution in [-0.4, -0.2) is 28.8 Å². The molecule has 27 heavy (non-hydrogen) atoms. The molecule has 2 amide bonds. The summed E-state index contributed by atoms with van der Waals surface area (Å²) in [7, 11) is 0. The summed E-state index contributed by atoms with van der Waals surface area (Å²) in [6.45, 7) is 5.93. The molecular weight excluding hydrogens is 428 g/mol. The van der Waals surface area contributed by atoms with Gasteiger partial charge in [-0.2, -0.15) is 0 Å². The number of halogens is 2. The van der Waals surface area contributed by atoms with Crippen LogP contribution in [0.5, 0.6) is 0 Å². The predicted molar refractivity (Wildman–Crippen MR) is 113 cm³/mol. The van der Waals surface area contributed by atoms with Crippen molar-refractivity contribution in [3.8, 4) is 0 Å². The monoisotopic (exact) mass is 450 g/mol. The quantitative estimate of drug-likeness (QED) is 0.669. The number of hydrogen-bond donors (Lipinski definition) is 1. The number of carbonyl (C=O) groups excluding carboxylic acids is 2. The highest BCUT2D eigenvalue weighted by Crippen LogP contribution is 2.16. The van der Waals surface area contributed by atoms with Crippen molar-refractivity contribution >= 4 is 39.3 Å². The van der Waals surface area contributed by atoms with Crippen LogP contribution < -0.4 is 5.32 Å². The molecule has 0 saturated carbocycles. The van der Waals surface area contributed by atoms with Gasteiger partial charge in [-0.3, -0.25) is 9.59 Å². The van der Waals surface area contributed by atoms with E-state index in [4.69, 9.17) is 11.6 Å². The smallest absolute Gasteiger partial charge is 0.242 e. The van der Waals surface area contributed by atoms with E-state index in [1.54, 1.807) is 24.0 Å². The molecule has 1 atom stereocenters. The van der Waals surface area contributed by atoms with E-state index in [1.165, 1.54) is 0 Å². The largest absolute Gasteiger partial charge is 0.352 e. The minimum Gasteiger partial charge on any atom is -0.352 e. The Bertz CT molecular complexity index is 776. The van der Waals surface area contributed by atoms with Gasteiger partial charge in [0.2, 0.25) is 11.8 Å². The van der Waals surface area contributed by atoms with Crippen LogP contribution in [0.25, 0.3) is 0 Å². The second-order valence-electron chi connectivity index (χ2n) is 6.79. The molecule has 0 bridgehead atoms. The number of nitrogens with zero attached hydrogens (tertiary/aromatic N) is 1. The van der Waals surface area contributed by atoms with Crippen LogP contribution in [0.4, 0.5) is 0 Å². The van der Waals surface area contributed by atoms with Gasteiger partial charge in [0, 0.05) is 22.1 Å². The molecule has 0 aliphatic heterocycles. The molecule has 1 N–H and O–H groups in total. The fraction of sp³-hybridized carbons (Fsp3) is 0.333. The Labute approximate surface area is 174 Å². The van der Waals surface area contributed by atoms with Gasteiger partial charge in [0.05, 0.1) is 6.42 Å². The van der Waals surface area contributed by atoms with Crippen molar-refractivity contribution < 1.29 is 9.59 Å². The lowest BCUT2D eigenvalue weighted by atomic mass is 10.1. The molecule has 2 rings (SSSR count). The van der Waals surface area contributed by atoms with Crippen LogP contribution in [0.1, 0.15) is 31.9 Å². The molecule has 2 aromatic carbocycles. The van der Waals surface area contributed by atoms with Crippen LogP contribution in [0, 0.1) is 0 Å². The fourth-order valence-corrected chi connectivity index (χ4v) is 3.04. The normalized spacial score (nSPS) is 11.9. The van der Waals surface area contributed by atoms with Crippen molar-refractivity contribution in [1.29, 1.82) is 0 Å². The second-order valence-corrected chi connectivity index (χ2v) is 8.14. The van der Waals surface area contributed by atoms with Gasteiger partial charge in [0.15, 0.2) is 0 Å². The highest BCUT2D eigenvalue weighted by Gasteiger charge is 2.26. The van der Waals surface area contributed by atoms with E-state index < -0.39 is 6.04 Å². The third-order valence-electron chi connectivity index (χ3n) is 4.13. The minimum absolute atomic E-state index is 0.0147. The molecule has 0 saturated heterocycles. The standard InChI is InChI=1S/C21H24BrClN2O2/c1-14(2)24-21(27)15(3)25(13-17-4-8-18(22)9-5-17)20(26)12-16-6-10-19(23)11-7-16/h4-11,14-15H,12-13H2,1-3H3,(H,24,27). The topological polar surface area (TPSA) is 49.4 Å². The van der Waals surface area contributed by atoms with E-state index in [9.17, 15) is 9.59 Å². The van der Waals surface area contributed by atoms with Crippen molar-refractivity contribution in [3.63, 3.8) is 0 Å². The third-order valence-corrected chi connectivity index (χ3v) is 4.91. The highest BCUT2D eigenvalue weighted by atomic mass is 79.9. The zero-order valence-corrected chi connectivity index (χ0v) is 18.0. The molecule has 0 radical (unpaired) electrons. The van der Waals surface area contributed by atoms with E-state index in [0.29, 0.717) is 11.6 Å². The molecule has 0 heterocycles. The highest BCUT2D eigenvalue weighted by molar-refractivity contribution is 9.10. The van der Waals surface area contributed by atoms with Crippen LogP contribution in [0.15, 0.2) is 53.0 Å². The van der Waals surface area contributed by atoms with Crippen molar-refractivity contribution in [1.82, 2.24) is 10.2 Å². The molecule has 4 nitrogen and oxygen atoms in total. The Kier molecular flexibility index (Phi) is 7.87. The summed E-state index contributed by atoms with van der Waals surface area (Å²) in [6.07, 6.45) is 0.215. The number of rotatable bonds is 7. The van der Waals surface area contributed by atoms with E-state index >= 15 is 0 Å². The molecular formula is C21H24BrClN2O2. The summed E-state index contributed by atoms with van der Waals surface area (Å²) < 4.78 is 0.968. The molecule has 0 spiro atoms. The first-order valence-electron chi connectivity index (χ1n) is 8.85. The molecule has 0 aromatic heterocycles. The van der Waals surface area contributed by atoms with Crippen LogP contribution in [0.2, 0.25) is 5.02 Å². The van der Waals surface area contributed by atoms with Gasteiger partial charge in [-0.25, -0.2) is 0 Å². The number of nitrogens with one attached hydrogen (secondary N) is 1. The average Bonchev–Trinajstić information content (AvgIpc) is 2.62. The number of amides is 2. The lowest BCUT2D eigenvalue weighted by molar-refractivity contribution is -0.140. The summed E-state index contributed by atoms with van der Waals surface area (Å²) in [4.78, 5) is 27.1. The van der Waals surface area contributed by atoms with Crippen molar-refractivity contribution in [2.45, 2.75) is 45.8 Å². The van der Waals surface area contributed by atoms with Gasteiger partial charge in [-0.05, 0) is 56.2 Å². The first-order chi connectivity index (χ1) is 12.8. The summed E-state index contributed by atoms with van der Waals surface area (Å²) in [5, 5.41) is 3.51. The van der Waals surface area contributed by atoms with Crippen LogP contribution in [-0.2, 0) is 22.6 Å². The van der Waals surface area contributed by atoms with Crippen LogP contribution in [0.3, 0.4) is 0 Å². The molecule has 6 heteroatoms. The lowest BCUT2D eigenvalue weighted by Crippen LogP contribution is -2.49. The maximum absolute atomic E-state index is 13.0. The Morgan fingerprint density at radius 3 is 2.11 bits per heavy atom. The number of hydrogen-bond acceptors (Lipinski definition) is 2. The van der Waals surface area contributed by atoms with Crippen molar-refractivity contribution in [3.05, 3.63) is 69.2 Å². The summed E-state index contributed by atoms with van der Waals surface area (Å²) in [5.41, 5.74) is 1.83. The zero-order chi connectivity index (χ0) is 20.0. The Morgan fingerprint density at radius 2 is 1.56 bits per heavy atom. The Hall–Kier alpha value is -1.85. The van der Waals surface area contributed by atoms with Gasteiger partial charge in [0.1, 0.15) is 6.04 Å². The maximum Gasteiger partial charge on any atom is 0.242 e. The van der Waals surface area contributed by atoms with Gasteiger partial charge in [-0.1, -0.05) is 51.8 Å². The SMILES string of the molecule is CC(C)NC(=O)C(C)N(Cc1ccc(Br)cc1)C(=O)Cc1ccc(Cl)cc1. The lowest BCUT2D eigenvalue weighted by Gasteiger charge is -2.29. The second kappa shape index (κ2) is 9.90. The van der Waals surface area contributed by atoms with Gasteiger partial charge < -0.3 is 10.2 Å². The average molecular weight is 452 g/mol. The van der Waals surface area contributed by atoms with Crippen molar-refractivity contribution in [2.75, 3.05) is 0 Å². The Balaban J connectivity index is 2.21. The number of benzene rings is 2. The number of carbonyl (C=O) groups is 2. The molecule has 2 aromatic rings. The minimum atomic E-state index is -0.573. The molecule has 0 aliphatic rings. The van der Waals surface area contributed by atoms with E-state index in [2.05, 4.69) is 21.2 Å². The van der Waals surface area contributed by atoms with Gasteiger partial charge in [0.25, 0.3) is 0 Å². The first kappa shape index (κ1) is 21.5. The first-order valence-corrected chi connectivity index (χ1v) is 10.0. The van der Waals surface area contributed by atoms with Crippen LogP contribution >= 0.6 is 27.5 Å². The molecule has 144 valence electrons. The van der Waals surface area contributed by atoms with Gasteiger partial charge in [-0.15, -0.1) is 0 Å². The summed E-state index contributed by atoms with van der Waals surface area (Å²) in [5.74, 6) is -0.266. The third kappa shape index (κ3) is 6.67. The molecule has 1 unspecified atom stereocenters. The van der Waals surface area contributed by atoms with Gasteiger partial charge >= 0.3 is 0 Å².